The number of morpholine rings is 1. The van der Waals surface area contributed by atoms with Crippen molar-refractivity contribution in [2.24, 2.45) is 0 Å². The maximum Gasteiger partial charge on any atom is 0.322 e. The first-order valence-corrected chi connectivity index (χ1v) is 11.2. The van der Waals surface area contributed by atoms with Crippen LogP contribution in [0.25, 0.3) is 11.5 Å². The number of ether oxygens (including phenoxy) is 1. The smallest absolute Gasteiger partial charge is 0.322 e. The molecule has 10 heteroatoms. The third-order valence-electron chi connectivity index (χ3n) is 5.12. The van der Waals surface area contributed by atoms with Crippen molar-refractivity contribution in [1.29, 1.82) is 0 Å². The highest BCUT2D eigenvalue weighted by molar-refractivity contribution is 7.89. The molecule has 0 atom stereocenters. The average molecular weight is 442 g/mol. The van der Waals surface area contributed by atoms with E-state index in [2.05, 4.69) is 15.5 Å². The van der Waals surface area contributed by atoms with Gasteiger partial charge in [0.05, 0.1) is 18.1 Å². The van der Waals surface area contributed by atoms with Gasteiger partial charge in [-0.15, -0.1) is 5.10 Å². The highest BCUT2D eigenvalue weighted by Crippen LogP contribution is 2.23. The van der Waals surface area contributed by atoms with Crippen LogP contribution in [0.1, 0.15) is 21.5 Å². The summed E-state index contributed by atoms with van der Waals surface area (Å²) in [6, 6.07) is 11.4. The number of sulfonamides is 1. The minimum atomic E-state index is -3.62. The first-order chi connectivity index (χ1) is 14.8. The summed E-state index contributed by atoms with van der Waals surface area (Å²) >= 11 is 0. The Morgan fingerprint density at radius 1 is 1.00 bits per heavy atom. The normalized spacial score (nSPS) is 15.0. The number of carbonyl (C=O) groups is 1. The van der Waals surface area contributed by atoms with Crippen LogP contribution in [0.15, 0.2) is 51.8 Å². The molecule has 0 radical (unpaired) electrons. The molecule has 0 aliphatic carbocycles. The van der Waals surface area contributed by atoms with Crippen LogP contribution in [0, 0.1) is 13.8 Å². The van der Waals surface area contributed by atoms with E-state index in [-0.39, 0.29) is 16.5 Å². The van der Waals surface area contributed by atoms with Crippen molar-refractivity contribution in [2.45, 2.75) is 18.7 Å². The maximum absolute atomic E-state index is 12.7. The third-order valence-corrected chi connectivity index (χ3v) is 7.04. The molecule has 1 fully saturated rings. The zero-order valence-electron chi connectivity index (χ0n) is 17.2. The van der Waals surface area contributed by atoms with Crippen molar-refractivity contribution < 1.29 is 22.4 Å². The second kappa shape index (κ2) is 8.58. The largest absolute Gasteiger partial charge is 0.403 e. The monoisotopic (exact) mass is 442 g/mol. The predicted octanol–water partition coefficient (Wildman–Crippen LogP) is 2.63. The highest BCUT2D eigenvalue weighted by Gasteiger charge is 2.26. The Labute approximate surface area is 180 Å². The van der Waals surface area contributed by atoms with E-state index in [1.165, 1.54) is 28.6 Å². The Kier molecular flexibility index (Phi) is 5.86. The second-order valence-corrected chi connectivity index (χ2v) is 9.14. The van der Waals surface area contributed by atoms with E-state index in [9.17, 15) is 13.2 Å². The lowest BCUT2D eigenvalue weighted by atomic mass is 10.1. The van der Waals surface area contributed by atoms with Crippen LogP contribution in [0.2, 0.25) is 0 Å². The van der Waals surface area contributed by atoms with Gasteiger partial charge < -0.3 is 9.15 Å². The van der Waals surface area contributed by atoms with Crippen LogP contribution in [-0.4, -0.2) is 55.1 Å². The van der Waals surface area contributed by atoms with E-state index >= 15 is 0 Å². The molecule has 0 spiro atoms. The lowest BCUT2D eigenvalue weighted by Gasteiger charge is -2.26. The van der Waals surface area contributed by atoms with Crippen molar-refractivity contribution in [2.75, 3.05) is 31.6 Å². The summed E-state index contributed by atoms with van der Waals surface area (Å²) in [7, 11) is -3.62. The van der Waals surface area contributed by atoms with Gasteiger partial charge in [-0.2, -0.15) is 4.31 Å². The molecule has 0 unspecified atom stereocenters. The van der Waals surface area contributed by atoms with Crippen LogP contribution < -0.4 is 5.32 Å². The molecule has 1 amide bonds. The number of hydrogen-bond donors (Lipinski definition) is 1. The van der Waals surface area contributed by atoms with Crippen LogP contribution in [-0.2, 0) is 14.8 Å². The Hall–Kier alpha value is -3.08. The summed E-state index contributed by atoms with van der Waals surface area (Å²) in [6.07, 6.45) is 0. The molecular weight excluding hydrogens is 420 g/mol. The summed E-state index contributed by atoms with van der Waals surface area (Å²) in [6.45, 7) is 5.36. The molecule has 0 bridgehead atoms. The quantitative estimate of drug-likeness (QED) is 0.646. The third kappa shape index (κ3) is 4.50. The molecule has 1 saturated heterocycles. The minimum Gasteiger partial charge on any atom is -0.403 e. The van der Waals surface area contributed by atoms with Crippen molar-refractivity contribution >= 4 is 21.9 Å². The van der Waals surface area contributed by atoms with Gasteiger partial charge in [-0.1, -0.05) is 11.2 Å². The SMILES string of the molecule is Cc1ccc(-c2nnc(NC(=O)c3ccc(S(=O)(=O)N4CCOCC4)cc3)o2)cc1C. The summed E-state index contributed by atoms with van der Waals surface area (Å²) in [5, 5.41) is 10.4. The summed E-state index contributed by atoms with van der Waals surface area (Å²) in [4.78, 5) is 12.6. The van der Waals surface area contributed by atoms with E-state index in [4.69, 9.17) is 9.15 Å². The van der Waals surface area contributed by atoms with Gasteiger partial charge in [-0.05, 0) is 61.4 Å². The Morgan fingerprint density at radius 3 is 2.39 bits per heavy atom. The highest BCUT2D eigenvalue weighted by atomic mass is 32.2. The molecule has 1 aliphatic rings. The summed E-state index contributed by atoms with van der Waals surface area (Å²) < 4.78 is 37.5. The van der Waals surface area contributed by atoms with E-state index < -0.39 is 15.9 Å². The van der Waals surface area contributed by atoms with Gasteiger partial charge in [0.25, 0.3) is 5.91 Å². The first kappa shape index (κ1) is 21.2. The number of hydrogen-bond acceptors (Lipinski definition) is 7. The molecule has 3 aromatic rings. The van der Waals surface area contributed by atoms with Gasteiger partial charge in [0, 0.05) is 24.2 Å². The van der Waals surface area contributed by atoms with Gasteiger partial charge >= 0.3 is 6.01 Å². The van der Waals surface area contributed by atoms with Crippen molar-refractivity contribution in [3.8, 4) is 11.5 Å². The Morgan fingerprint density at radius 2 is 1.71 bits per heavy atom. The zero-order valence-corrected chi connectivity index (χ0v) is 18.0. The van der Waals surface area contributed by atoms with Crippen molar-refractivity contribution in [1.82, 2.24) is 14.5 Å². The van der Waals surface area contributed by atoms with Gasteiger partial charge in [0.1, 0.15) is 0 Å². The topological polar surface area (TPSA) is 115 Å². The molecular formula is C21H22N4O5S. The van der Waals surface area contributed by atoms with Gasteiger partial charge in [0.2, 0.25) is 15.9 Å². The Balaban J connectivity index is 1.45. The van der Waals surface area contributed by atoms with Crippen molar-refractivity contribution in [3.63, 3.8) is 0 Å². The van der Waals surface area contributed by atoms with E-state index in [0.717, 1.165) is 16.7 Å². The number of aromatic nitrogens is 2. The molecule has 1 aliphatic heterocycles. The average Bonchev–Trinajstić information content (AvgIpc) is 3.25. The van der Waals surface area contributed by atoms with Gasteiger partial charge in [0.15, 0.2) is 0 Å². The van der Waals surface area contributed by atoms with E-state index in [1.807, 2.05) is 32.0 Å². The summed E-state index contributed by atoms with van der Waals surface area (Å²) in [5.41, 5.74) is 3.27. The first-order valence-electron chi connectivity index (χ1n) is 9.75. The fraction of sp³-hybridized carbons (Fsp3) is 0.286. The zero-order chi connectivity index (χ0) is 22.0. The van der Waals surface area contributed by atoms with Gasteiger partial charge in [-0.25, -0.2) is 8.42 Å². The van der Waals surface area contributed by atoms with Crippen LogP contribution in [0.4, 0.5) is 6.01 Å². The number of benzene rings is 2. The fourth-order valence-corrected chi connectivity index (χ4v) is 4.56. The predicted molar refractivity (Wildman–Crippen MR) is 113 cm³/mol. The van der Waals surface area contributed by atoms with Gasteiger partial charge in [-0.3, -0.25) is 10.1 Å². The number of nitrogens with zero attached hydrogens (tertiary/aromatic N) is 3. The Bertz CT molecular complexity index is 1200. The fourth-order valence-electron chi connectivity index (χ4n) is 3.15. The molecule has 0 saturated carbocycles. The molecule has 1 N–H and O–H groups in total. The molecule has 31 heavy (non-hydrogen) atoms. The number of aryl methyl sites for hydroxylation is 2. The molecule has 4 rings (SSSR count). The maximum atomic E-state index is 12.7. The number of carbonyl (C=O) groups excluding carboxylic acids is 1. The lowest BCUT2D eigenvalue weighted by Crippen LogP contribution is -2.40. The molecule has 2 aromatic carbocycles. The standard InChI is InChI=1S/C21H22N4O5S/c1-14-3-4-17(13-15(14)2)20-23-24-21(30-20)22-19(26)16-5-7-18(8-6-16)31(27,28)25-9-11-29-12-10-25/h3-8,13H,9-12H2,1-2H3,(H,22,24,26). The second-order valence-electron chi connectivity index (χ2n) is 7.21. The molecule has 162 valence electrons. The number of rotatable bonds is 5. The van der Waals surface area contributed by atoms with Crippen LogP contribution in [0.5, 0.6) is 0 Å². The van der Waals surface area contributed by atoms with Crippen LogP contribution >= 0.6 is 0 Å². The van der Waals surface area contributed by atoms with Crippen molar-refractivity contribution in [3.05, 3.63) is 59.2 Å². The minimum absolute atomic E-state index is 0.0387. The molecule has 2 heterocycles. The van der Waals surface area contributed by atoms with E-state index in [1.54, 1.807) is 0 Å². The molecule has 1 aromatic heterocycles. The summed E-state index contributed by atoms with van der Waals surface area (Å²) in [5.74, 6) is -0.184. The number of anilines is 1. The van der Waals surface area contributed by atoms with E-state index in [0.29, 0.717) is 32.2 Å². The van der Waals surface area contributed by atoms with Crippen LogP contribution in [0.3, 0.4) is 0 Å². The number of amides is 1. The lowest BCUT2D eigenvalue weighted by molar-refractivity contribution is 0.0730. The number of nitrogens with one attached hydrogen (secondary N) is 1. The molecule has 9 nitrogen and oxygen atoms in total.